The lowest BCUT2D eigenvalue weighted by atomic mass is 9.77. The molecule has 11 nitrogen and oxygen atoms in total. The first-order valence-corrected chi connectivity index (χ1v) is 22.9. The lowest BCUT2D eigenvalue weighted by molar-refractivity contribution is -0.894. The molecule has 2 heterocycles. The normalized spacial score (nSPS) is 18.3. The van der Waals surface area contributed by atoms with Gasteiger partial charge in [-0.3, -0.25) is 4.79 Å². The molecule has 0 radical (unpaired) electrons. The largest absolute Gasteiger partial charge is 0.748 e. The molecule has 0 spiro atoms. The van der Waals surface area contributed by atoms with Crippen molar-refractivity contribution >= 4 is 49.0 Å². The van der Waals surface area contributed by atoms with Crippen LogP contribution in [0.5, 0.6) is 0 Å². The van der Waals surface area contributed by atoms with Crippen molar-refractivity contribution in [2.24, 2.45) is 0 Å². The number of fused-ring (bicyclic) bond motifs is 2. The van der Waals surface area contributed by atoms with Gasteiger partial charge in [-0.25, -0.2) is 16.8 Å². The van der Waals surface area contributed by atoms with Crippen molar-refractivity contribution in [1.29, 1.82) is 0 Å². The number of benzene rings is 3. The summed E-state index contributed by atoms with van der Waals surface area (Å²) >= 11 is 0. The number of aliphatic carboxylic acids is 1. The van der Waals surface area contributed by atoms with E-state index in [4.69, 9.17) is 5.11 Å². The number of hydrogen-bond donors (Lipinski definition) is 2. The summed E-state index contributed by atoms with van der Waals surface area (Å²) in [4.78, 5) is 14.7. The number of unbranched alkanes of at least 4 members (excludes halogenated alkanes) is 3. The van der Waals surface area contributed by atoms with Crippen LogP contribution in [0.4, 0.5) is 17.1 Å². The molecule has 0 saturated heterocycles. The van der Waals surface area contributed by atoms with Crippen LogP contribution in [0, 0.1) is 0 Å². The van der Waals surface area contributed by atoms with Gasteiger partial charge in [0.1, 0.15) is 16.7 Å². The zero-order chi connectivity index (χ0) is 42.0. The van der Waals surface area contributed by atoms with Crippen molar-refractivity contribution in [2.75, 3.05) is 36.8 Å². The van der Waals surface area contributed by atoms with Gasteiger partial charge >= 0.3 is 5.97 Å². The number of anilines is 2. The molecule has 310 valence electrons. The smallest absolute Gasteiger partial charge is 0.303 e. The molecule has 0 aliphatic carbocycles. The van der Waals surface area contributed by atoms with Gasteiger partial charge in [0.25, 0.3) is 0 Å². The molecule has 2 aliphatic rings. The maximum Gasteiger partial charge on any atom is 0.303 e. The van der Waals surface area contributed by atoms with E-state index in [9.17, 15) is 30.7 Å². The van der Waals surface area contributed by atoms with E-state index in [2.05, 4.69) is 55.4 Å². The maximum atomic E-state index is 12.0. The molecule has 0 saturated carbocycles. The van der Waals surface area contributed by atoms with E-state index in [1.165, 1.54) is 31.8 Å². The summed E-state index contributed by atoms with van der Waals surface area (Å²) < 4.78 is 72.1. The Labute approximate surface area is 339 Å². The highest BCUT2D eigenvalue weighted by Crippen LogP contribution is 2.53. The summed E-state index contributed by atoms with van der Waals surface area (Å²) in [7, 11) is -9.00. The fourth-order valence-electron chi connectivity index (χ4n) is 8.04. The molecule has 0 amide bonds. The Morgan fingerprint density at radius 1 is 0.825 bits per heavy atom. The lowest BCUT2D eigenvalue weighted by Crippen LogP contribution is -3.11. The van der Waals surface area contributed by atoms with Crippen molar-refractivity contribution in [3.8, 4) is 0 Å². The molecule has 0 bridgehead atoms. The van der Waals surface area contributed by atoms with E-state index in [1.807, 2.05) is 68.5 Å². The van der Waals surface area contributed by atoms with Crippen molar-refractivity contribution in [2.45, 2.75) is 102 Å². The number of nitrogens with zero attached hydrogens (tertiary/aromatic N) is 2. The number of nitrogens with one attached hydrogen (secondary N) is 1. The molecule has 57 heavy (non-hydrogen) atoms. The van der Waals surface area contributed by atoms with Crippen molar-refractivity contribution in [3.05, 3.63) is 108 Å². The third-order valence-electron chi connectivity index (χ3n) is 11.3. The van der Waals surface area contributed by atoms with Crippen LogP contribution in [-0.2, 0) is 35.9 Å². The molecule has 2 N–H and O–H groups in total. The Morgan fingerprint density at radius 3 is 2.07 bits per heavy atom. The highest BCUT2D eigenvalue weighted by Gasteiger charge is 2.45. The standard InChI is InChI=1S/C38H44N2O8S2.C6H15N/c1-37(2)31-27-29(50(46,47)48)22-23-32(31)39(25-12-5-8-21-36(41)42)34(37)19-14-20-35-38(3,24-11-13-26-49(43,44)45)30-17-9-10-18-33(30)40(35)28-15-6-4-7-16-28;1-4-7(5-2)6-3/h4,6-7,9-10,14-20,22-23,27H,5,8,11-13,21,24-26H2,1-3H3,(H2-,41,42,43,44,45,46,47,48);4-6H2,1-3H3. The predicted octanol–water partition coefficient (Wildman–Crippen LogP) is 6.81. The summed E-state index contributed by atoms with van der Waals surface area (Å²) in [5.74, 6) is -1.25. The highest BCUT2D eigenvalue weighted by molar-refractivity contribution is 7.86. The molecule has 3 aromatic rings. The Kier molecular flexibility index (Phi) is 15.6. The molecule has 1 atom stereocenters. The van der Waals surface area contributed by atoms with Gasteiger partial charge in [-0.1, -0.05) is 48.9 Å². The van der Waals surface area contributed by atoms with Gasteiger partial charge in [0.2, 0.25) is 5.69 Å². The Bertz CT molecular complexity index is 2170. The van der Waals surface area contributed by atoms with E-state index in [0.29, 0.717) is 44.2 Å². The van der Waals surface area contributed by atoms with Crippen molar-refractivity contribution in [1.82, 2.24) is 0 Å². The van der Waals surface area contributed by atoms with Crippen LogP contribution in [0.25, 0.3) is 0 Å². The SMILES string of the molecule is CC1(C)C(C=CC=C2N(c3ccccc3)c3ccccc3C2(C)CCCCS(=O)(=O)[O-])=[N+](CCCCCC(=O)O)c2ccc(S(=O)(=O)[O-])cc21.CC[NH+](CC)CC. The average Bonchev–Trinajstić information content (AvgIpc) is 3.53. The second kappa shape index (κ2) is 19.5. The van der Waals surface area contributed by atoms with Gasteiger partial charge in [-0.15, -0.1) is 0 Å². The number of carbonyl (C=O) groups is 1. The van der Waals surface area contributed by atoms with Crippen molar-refractivity contribution < 1.29 is 45.3 Å². The fraction of sp³-hybridized carbons (Fsp3) is 0.455. The molecule has 13 heteroatoms. The summed E-state index contributed by atoms with van der Waals surface area (Å²) in [6.07, 6.45) is 9.45. The molecule has 0 fully saturated rings. The zero-order valence-electron chi connectivity index (χ0n) is 34.2. The van der Waals surface area contributed by atoms with Crippen LogP contribution in [0.15, 0.2) is 102 Å². The quantitative estimate of drug-likeness (QED) is 0.0798. The van der Waals surface area contributed by atoms with Gasteiger partial charge in [-0.2, -0.15) is 4.58 Å². The molecule has 2 aliphatic heterocycles. The van der Waals surface area contributed by atoms with Crippen LogP contribution in [0.3, 0.4) is 0 Å². The number of hydrogen-bond acceptors (Lipinski definition) is 8. The minimum absolute atomic E-state index is 0.0859. The molecule has 0 aromatic heterocycles. The fourth-order valence-corrected chi connectivity index (χ4v) is 9.09. The minimum Gasteiger partial charge on any atom is -0.748 e. The maximum absolute atomic E-state index is 12.0. The Morgan fingerprint density at radius 2 is 1.47 bits per heavy atom. The van der Waals surface area contributed by atoms with Gasteiger partial charge in [0.15, 0.2) is 5.71 Å². The Hall–Kier alpha value is -4.14. The third-order valence-corrected chi connectivity index (χ3v) is 12.9. The number of quaternary nitrogens is 1. The summed E-state index contributed by atoms with van der Waals surface area (Å²) in [5, 5.41) is 9.08. The topological polar surface area (TPSA) is 162 Å². The number of carboxylic acids is 1. The monoisotopic (exact) mass is 821 g/mol. The number of rotatable bonds is 18. The van der Waals surface area contributed by atoms with E-state index < -0.39 is 42.8 Å². The zero-order valence-corrected chi connectivity index (χ0v) is 35.8. The van der Waals surface area contributed by atoms with E-state index in [0.717, 1.165) is 34.0 Å². The second-order valence-corrected chi connectivity index (χ2v) is 18.4. The molecule has 3 aromatic carbocycles. The van der Waals surface area contributed by atoms with E-state index in [-0.39, 0.29) is 17.7 Å². The van der Waals surface area contributed by atoms with Gasteiger partial charge < -0.3 is 24.0 Å². The molecule has 1 unspecified atom stereocenters. The Balaban J connectivity index is 0.000000940. The third kappa shape index (κ3) is 11.3. The van der Waals surface area contributed by atoms with E-state index in [1.54, 1.807) is 11.0 Å². The van der Waals surface area contributed by atoms with Crippen LogP contribution in [0.2, 0.25) is 0 Å². The number of allylic oxidation sites excluding steroid dienone is 4. The molecule has 5 rings (SSSR count). The van der Waals surface area contributed by atoms with Crippen molar-refractivity contribution in [3.63, 3.8) is 0 Å². The van der Waals surface area contributed by atoms with Gasteiger partial charge in [0.05, 0.1) is 40.1 Å². The first-order chi connectivity index (χ1) is 26.9. The first-order valence-electron chi connectivity index (χ1n) is 20.0. The minimum atomic E-state index is -4.68. The molecular weight excluding hydrogens is 763 g/mol. The number of para-hydroxylation sites is 2. The van der Waals surface area contributed by atoms with Crippen LogP contribution < -0.4 is 9.80 Å². The van der Waals surface area contributed by atoms with Crippen LogP contribution in [0.1, 0.15) is 97.6 Å². The van der Waals surface area contributed by atoms with Crippen LogP contribution >= 0.6 is 0 Å². The first kappa shape index (κ1) is 45.6. The van der Waals surface area contributed by atoms with Gasteiger partial charge in [0, 0.05) is 58.8 Å². The summed E-state index contributed by atoms with van der Waals surface area (Å²) in [6.45, 7) is 17.2. The van der Waals surface area contributed by atoms with Crippen LogP contribution in [-0.4, -0.2) is 79.2 Å². The summed E-state index contributed by atoms with van der Waals surface area (Å²) in [6, 6.07) is 22.5. The molecular formula is C44H59N3O8S2. The van der Waals surface area contributed by atoms with E-state index >= 15 is 0 Å². The highest BCUT2D eigenvalue weighted by atomic mass is 32.2. The summed E-state index contributed by atoms with van der Waals surface area (Å²) in [5.41, 5.74) is 5.24. The number of carboxylic acid groups (broad SMARTS) is 1. The lowest BCUT2D eigenvalue weighted by Gasteiger charge is -2.30. The van der Waals surface area contributed by atoms with Gasteiger partial charge in [-0.05, 0) is 109 Å². The predicted molar refractivity (Wildman–Crippen MR) is 224 cm³/mol. The second-order valence-electron chi connectivity index (χ2n) is 15.5. The average molecular weight is 822 g/mol.